The molecule has 1 spiro atoms. The zero-order valence-electron chi connectivity index (χ0n) is 24.0. The first-order valence-electron chi connectivity index (χ1n) is 14.3. The molecule has 3 aromatic rings. The molecule has 1 aromatic carbocycles. The summed E-state index contributed by atoms with van der Waals surface area (Å²) in [4.78, 5) is 26.9. The molecule has 11 heteroatoms. The predicted molar refractivity (Wildman–Crippen MR) is 156 cm³/mol. The summed E-state index contributed by atoms with van der Waals surface area (Å²) < 4.78 is 35.9. The second-order valence-electron chi connectivity index (χ2n) is 11.7. The van der Waals surface area contributed by atoms with Crippen LogP contribution < -0.4 is 9.64 Å². The fourth-order valence-corrected chi connectivity index (χ4v) is 8.54. The SMILES string of the molecule is COc1cc(C)c(S(=O)(=O)N2CCc3nc(C(=O)N4CCC5(CC4)CCN(c4ccncc4)CC5)cn3C2)c(C)c1. The fourth-order valence-electron chi connectivity index (χ4n) is 6.75. The largest absolute Gasteiger partial charge is 0.497 e. The van der Waals surface area contributed by atoms with Crippen molar-refractivity contribution in [2.45, 2.75) is 57.5 Å². The van der Waals surface area contributed by atoms with Gasteiger partial charge in [-0.05, 0) is 80.3 Å². The minimum absolute atomic E-state index is 0.0628. The lowest BCUT2D eigenvalue weighted by molar-refractivity contribution is 0.0510. The number of fused-ring (bicyclic) bond motifs is 1. The molecular formula is C30H38N6O4S. The third kappa shape index (κ3) is 5.21. The van der Waals surface area contributed by atoms with Crippen molar-refractivity contribution in [1.82, 2.24) is 23.7 Å². The lowest BCUT2D eigenvalue weighted by Gasteiger charge is -2.47. The van der Waals surface area contributed by atoms with Crippen LogP contribution in [0.3, 0.4) is 0 Å². The number of piperidine rings is 2. The van der Waals surface area contributed by atoms with Crippen LogP contribution in [0.5, 0.6) is 5.75 Å². The molecule has 2 aromatic heterocycles. The Morgan fingerprint density at radius 2 is 1.59 bits per heavy atom. The number of likely N-dealkylation sites (tertiary alicyclic amines) is 1. The van der Waals surface area contributed by atoms with Gasteiger partial charge in [-0.15, -0.1) is 0 Å². The van der Waals surface area contributed by atoms with Crippen LogP contribution in [0.25, 0.3) is 0 Å². The van der Waals surface area contributed by atoms with Gasteiger partial charge in [0.2, 0.25) is 10.0 Å². The molecule has 0 aliphatic carbocycles. The number of rotatable bonds is 5. The number of aromatic nitrogens is 3. The summed E-state index contributed by atoms with van der Waals surface area (Å²) in [6.45, 7) is 7.55. The van der Waals surface area contributed by atoms with Crippen LogP contribution >= 0.6 is 0 Å². The van der Waals surface area contributed by atoms with E-state index in [1.807, 2.05) is 21.9 Å². The number of hydrogen-bond donors (Lipinski definition) is 0. The van der Waals surface area contributed by atoms with Gasteiger partial charge in [0.15, 0.2) is 0 Å². The maximum absolute atomic E-state index is 13.6. The summed E-state index contributed by atoms with van der Waals surface area (Å²) in [5, 5.41) is 0. The summed E-state index contributed by atoms with van der Waals surface area (Å²) in [6.07, 6.45) is 10.1. The van der Waals surface area contributed by atoms with E-state index >= 15 is 0 Å². The molecule has 0 N–H and O–H groups in total. The Hall–Kier alpha value is -3.44. The highest BCUT2D eigenvalue weighted by Crippen LogP contribution is 2.42. The number of imidazole rings is 1. The van der Waals surface area contributed by atoms with E-state index in [0.29, 0.717) is 45.8 Å². The summed E-state index contributed by atoms with van der Waals surface area (Å²) in [7, 11) is -2.16. The Morgan fingerprint density at radius 3 is 2.22 bits per heavy atom. The van der Waals surface area contributed by atoms with Crippen molar-refractivity contribution in [1.29, 1.82) is 0 Å². The van der Waals surface area contributed by atoms with Crippen molar-refractivity contribution in [3.8, 4) is 5.75 Å². The average molecular weight is 579 g/mol. The molecule has 0 saturated carbocycles. The van der Waals surface area contributed by atoms with E-state index in [2.05, 4.69) is 27.0 Å². The fraction of sp³-hybridized carbons (Fsp3) is 0.500. The lowest BCUT2D eigenvalue weighted by atomic mass is 9.71. The molecule has 5 heterocycles. The van der Waals surface area contributed by atoms with Gasteiger partial charge in [-0.2, -0.15) is 4.31 Å². The summed E-state index contributed by atoms with van der Waals surface area (Å²) in [5.74, 6) is 1.32. The van der Waals surface area contributed by atoms with Gasteiger partial charge in [0.05, 0.1) is 18.7 Å². The van der Waals surface area contributed by atoms with Gasteiger partial charge < -0.3 is 19.1 Å². The van der Waals surface area contributed by atoms with Gasteiger partial charge in [0.1, 0.15) is 17.3 Å². The van der Waals surface area contributed by atoms with E-state index in [9.17, 15) is 13.2 Å². The number of nitrogens with zero attached hydrogens (tertiary/aromatic N) is 6. The van der Waals surface area contributed by atoms with Crippen molar-refractivity contribution in [2.75, 3.05) is 44.7 Å². The van der Waals surface area contributed by atoms with E-state index in [0.717, 1.165) is 57.7 Å². The highest BCUT2D eigenvalue weighted by molar-refractivity contribution is 7.89. The van der Waals surface area contributed by atoms with Gasteiger partial charge in [0.25, 0.3) is 5.91 Å². The Morgan fingerprint density at radius 1 is 0.951 bits per heavy atom. The predicted octanol–water partition coefficient (Wildman–Crippen LogP) is 3.63. The molecule has 2 fully saturated rings. The standard InChI is InChI=1S/C30H38N6O4S/c1-22-18-25(40-3)19-23(2)28(22)41(38,39)36-13-6-27-32-26(20-35(27)21-36)29(37)34-16-9-30(10-17-34)7-14-33(15-8-30)24-4-11-31-12-5-24/h4-5,11-12,18-20H,6-10,13-17,21H2,1-3H3. The van der Waals surface area contributed by atoms with Crippen molar-refractivity contribution in [2.24, 2.45) is 5.41 Å². The highest BCUT2D eigenvalue weighted by Gasteiger charge is 2.39. The van der Waals surface area contributed by atoms with Crippen molar-refractivity contribution >= 4 is 21.6 Å². The van der Waals surface area contributed by atoms with Gasteiger partial charge in [-0.1, -0.05) is 0 Å². The molecule has 0 atom stereocenters. The Balaban J connectivity index is 1.09. The molecule has 3 aliphatic rings. The zero-order valence-corrected chi connectivity index (χ0v) is 24.9. The Kier molecular flexibility index (Phi) is 7.27. The minimum atomic E-state index is -3.73. The summed E-state index contributed by atoms with van der Waals surface area (Å²) in [6, 6.07) is 7.63. The number of carbonyl (C=O) groups excluding carboxylic acids is 1. The van der Waals surface area contributed by atoms with Crippen LogP contribution in [0.4, 0.5) is 5.69 Å². The van der Waals surface area contributed by atoms with Crippen LogP contribution in [-0.4, -0.2) is 77.9 Å². The Bertz CT molecular complexity index is 1510. The molecular weight excluding hydrogens is 540 g/mol. The number of methoxy groups -OCH3 is 1. The van der Waals surface area contributed by atoms with E-state index in [1.165, 1.54) is 9.99 Å². The summed E-state index contributed by atoms with van der Waals surface area (Å²) >= 11 is 0. The normalized spacial score (nSPS) is 19.3. The van der Waals surface area contributed by atoms with Crippen molar-refractivity contribution in [3.05, 3.63) is 65.5 Å². The van der Waals surface area contributed by atoms with E-state index < -0.39 is 10.0 Å². The monoisotopic (exact) mass is 578 g/mol. The molecule has 3 aliphatic heterocycles. The molecule has 2 saturated heterocycles. The van der Waals surface area contributed by atoms with Crippen LogP contribution in [0.1, 0.15) is 53.1 Å². The minimum Gasteiger partial charge on any atom is -0.497 e. The number of pyridine rings is 1. The first-order valence-corrected chi connectivity index (χ1v) is 15.8. The number of amides is 1. The molecule has 218 valence electrons. The molecule has 1 amide bonds. The number of sulfonamides is 1. The van der Waals surface area contributed by atoms with Crippen LogP contribution in [0.15, 0.2) is 47.8 Å². The third-order valence-corrected chi connectivity index (χ3v) is 11.3. The quantitative estimate of drug-likeness (QED) is 0.456. The zero-order chi connectivity index (χ0) is 28.8. The number of benzene rings is 1. The number of anilines is 1. The Labute approximate surface area is 242 Å². The van der Waals surface area contributed by atoms with Gasteiger partial charge in [-0.3, -0.25) is 9.78 Å². The number of hydrogen-bond acceptors (Lipinski definition) is 7. The van der Waals surface area contributed by atoms with Gasteiger partial charge >= 0.3 is 0 Å². The smallest absolute Gasteiger partial charge is 0.274 e. The van der Waals surface area contributed by atoms with Crippen molar-refractivity contribution in [3.63, 3.8) is 0 Å². The second kappa shape index (κ2) is 10.8. The maximum Gasteiger partial charge on any atom is 0.274 e. The molecule has 41 heavy (non-hydrogen) atoms. The first kappa shape index (κ1) is 27.7. The van der Waals surface area contributed by atoms with Gasteiger partial charge in [-0.25, -0.2) is 13.4 Å². The topological polar surface area (TPSA) is 101 Å². The lowest BCUT2D eigenvalue weighted by Crippen LogP contribution is -2.48. The third-order valence-electron chi connectivity index (χ3n) is 9.20. The van der Waals surface area contributed by atoms with E-state index in [4.69, 9.17) is 4.74 Å². The van der Waals surface area contributed by atoms with E-state index in [1.54, 1.807) is 39.3 Å². The van der Waals surface area contributed by atoms with Crippen LogP contribution in [-0.2, 0) is 23.1 Å². The van der Waals surface area contributed by atoms with Crippen molar-refractivity contribution < 1.29 is 17.9 Å². The summed E-state index contributed by atoms with van der Waals surface area (Å²) in [5.41, 5.74) is 3.23. The average Bonchev–Trinajstić information content (AvgIpc) is 3.41. The second-order valence-corrected chi connectivity index (χ2v) is 13.5. The van der Waals surface area contributed by atoms with Crippen LogP contribution in [0.2, 0.25) is 0 Å². The number of aryl methyl sites for hydroxylation is 2. The number of ether oxygens (including phenoxy) is 1. The molecule has 10 nitrogen and oxygen atoms in total. The van der Waals surface area contributed by atoms with E-state index in [-0.39, 0.29) is 12.6 Å². The first-order chi connectivity index (χ1) is 19.7. The van der Waals surface area contributed by atoms with Gasteiger partial charge in [0, 0.05) is 63.4 Å². The molecule has 6 rings (SSSR count). The molecule has 0 unspecified atom stereocenters. The maximum atomic E-state index is 13.6. The number of carbonyl (C=O) groups is 1. The van der Waals surface area contributed by atoms with Crippen LogP contribution in [0, 0.1) is 19.3 Å². The molecule has 0 radical (unpaired) electrons. The molecule has 0 bridgehead atoms. The highest BCUT2D eigenvalue weighted by atomic mass is 32.2.